The summed E-state index contributed by atoms with van der Waals surface area (Å²) in [6.45, 7) is 3.82. The van der Waals surface area contributed by atoms with E-state index in [-0.39, 0.29) is 17.7 Å². The van der Waals surface area contributed by atoms with Crippen molar-refractivity contribution in [3.8, 4) is 6.19 Å². The number of nitriles is 1. The maximum Gasteiger partial charge on any atom is 0.241 e. The largest absolute Gasteiger partial charge is 0.372 e. The lowest BCUT2D eigenvalue weighted by atomic mass is 9.90. The summed E-state index contributed by atoms with van der Waals surface area (Å²) in [4.78, 5) is 12.4. The maximum absolute atomic E-state index is 11.5. The fraction of sp³-hybridized carbons (Fsp3) is 0.778. The number of rotatable bonds is 2. The van der Waals surface area contributed by atoms with Crippen molar-refractivity contribution in [3.05, 3.63) is 0 Å². The zero-order chi connectivity index (χ0) is 10.0. The van der Waals surface area contributed by atoms with Gasteiger partial charge in [0.25, 0.3) is 0 Å². The van der Waals surface area contributed by atoms with E-state index in [1.165, 1.54) is 0 Å². The standard InChI is InChI=1S/C9H14N2O2/c1-3-6-7(4-2)9(13)11(5-10)8(6)12/h6-8,12H,3-4H2,1-2H3. The highest BCUT2D eigenvalue weighted by atomic mass is 16.3. The van der Waals surface area contributed by atoms with E-state index in [1.54, 1.807) is 6.19 Å². The molecule has 1 heterocycles. The third-order valence-corrected chi connectivity index (χ3v) is 2.74. The Bertz CT molecular complexity index is 246. The molecule has 0 aromatic carbocycles. The fourth-order valence-corrected chi connectivity index (χ4v) is 1.97. The van der Waals surface area contributed by atoms with Crippen molar-refractivity contribution in [1.82, 2.24) is 4.90 Å². The number of nitrogens with zero attached hydrogens (tertiary/aromatic N) is 2. The molecular formula is C9H14N2O2. The van der Waals surface area contributed by atoms with Crippen LogP contribution in [0.3, 0.4) is 0 Å². The summed E-state index contributed by atoms with van der Waals surface area (Å²) in [5.74, 6) is -0.499. The summed E-state index contributed by atoms with van der Waals surface area (Å²) in [6.07, 6.45) is 2.23. The molecule has 0 aromatic rings. The predicted octanol–water partition coefficient (Wildman–Crippen LogP) is 0.680. The van der Waals surface area contributed by atoms with Crippen LogP contribution in [-0.4, -0.2) is 22.1 Å². The number of carbonyl (C=O) groups is 1. The molecule has 72 valence electrons. The minimum Gasteiger partial charge on any atom is -0.372 e. The lowest BCUT2D eigenvalue weighted by Crippen LogP contribution is -2.30. The SMILES string of the molecule is CCC1C(=O)N(C#N)C(O)C1CC. The molecule has 13 heavy (non-hydrogen) atoms. The monoisotopic (exact) mass is 182 g/mol. The lowest BCUT2D eigenvalue weighted by molar-refractivity contribution is -0.131. The molecular weight excluding hydrogens is 168 g/mol. The minimum absolute atomic E-state index is 0.0860. The van der Waals surface area contributed by atoms with Crippen molar-refractivity contribution in [2.75, 3.05) is 0 Å². The number of likely N-dealkylation sites (tertiary alicyclic amines) is 1. The number of hydrogen-bond donors (Lipinski definition) is 1. The summed E-state index contributed by atoms with van der Waals surface area (Å²) in [6, 6.07) is 0. The van der Waals surface area contributed by atoms with Crippen LogP contribution in [0, 0.1) is 23.3 Å². The minimum atomic E-state index is -0.910. The van der Waals surface area contributed by atoms with Gasteiger partial charge in [-0.3, -0.25) is 4.79 Å². The highest BCUT2D eigenvalue weighted by Crippen LogP contribution is 2.33. The fourth-order valence-electron chi connectivity index (χ4n) is 1.97. The van der Waals surface area contributed by atoms with Gasteiger partial charge in [-0.05, 0) is 12.8 Å². The van der Waals surface area contributed by atoms with E-state index in [0.717, 1.165) is 11.3 Å². The number of amides is 1. The molecule has 1 fully saturated rings. The smallest absolute Gasteiger partial charge is 0.241 e. The molecule has 0 aliphatic carbocycles. The second kappa shape index (κ2) is 3.75. The maximum atomic E-state index is 11.5. The number of hydrogen-bond acceptors (Lipinski definition) is 3. The molecule has 1 saturated heterocycles. The Morgan fingerprint density at radius 3 is 2.46 bits per heavy atom. The highest BCUT2D eigenvalue weighted by Gasteiger charge is 2.45. The van der Waals surface area contributed by atoms with E-state index >= 15 is 0 Å². The molecule has 4 nitrogen and oxygen atoms in total. The molecule has 1 amide bonds. The second-order valence-corrected chi connectivity index (χ2v) is 3.31. The van der Waals surface area contributed by atoms with Crippen LogP contribution in [0.15, 0.2) is 0 Å². The Hall–Kier alpha value is -1.08. The molecule has 1 N–H and O–H groups in total. The third-order valence-electron chi connectivity index (χ3n) is 2.74. The summed E-state index contributed by atoms with van der Waals surface area (Å²) in [5.41, 5.74) is 0. The van der Waals surface area contributed by atoms with Gasteiger partial charge < -0.3 is 5.11 Å². The molecule has 1 aliphatic heterocycles. The zero-order valence-electron chi connectivity index (χ0n) is 7.90. The normalized spacial score (nSPS) is 33.5. The van der Waals surface area contributed by atoms with Gasteiger partial charge in [-0.25, -0.2) is 4.90 Å². The van der Waals surface area contributed by atoms with E-state index < -0.39 is 6.23 Å². The van der Waals surface area contributed by atoms with E-state index in [9.17, 15) is 9.90 Å². The van der Waals surface area contributed by atoms with Crippen LogP contribution in [0.4, 0.5) is 0 Å². The van der Waals surface area contributed by atoms with Gasteiger partial charge in [0.05, 0.1) is 0 Å². The van der Waals surface area contributed by atoms with Crippen molar-refractivity contribution < 1.29 is 9.90 Å². The van der Waals surface area contributed by atoms with Gasteiger partial charge in [-0.1, -0.05) is 13.8 Å². The van der Waals surface area contributed by atoms with E-state index in [0.29, 0.717) is 6.42 Å². The van der Waals surface area contributed by atoms with E-state index in [2.05, 4.69) is 0 Å². The Morgan fingerprint density at radius 2 is 2.15 bits per heavy atom. The van der Waals surface area contributed by atoms with Crippen LogP contribution in [0.2, 0.25) is 0 Å². The molecule has 4 heteroatoms. The number of aliphatic hydroxyl groups excluding tert-OH is 1. The van der Waals surface area contributed by atoms with Gasteiger partial charge >= 0.3 is 0 Å². The molecule has 1 aliphatic rings. The molecule has 0 saturated carbocycles. The molecule has 3 unspecified atom stereocenters. The molecule has 1 rings (SSSR count). The predicted molar refractivity (Wildman–Crippen MR) is 46.0 cm³/mol. The van der Waals surface area contributed by atoms with Crippen molar-refractivity contribution in [2.24, 2.45) is 11.8 Å². The lowest BCUT2D eigenvalue weighted by Gasteiger charge is -2.16. The topological polar surface area (TPSA) is 64.3 Å². The highest BCUT2D eigenvalue weighted by molar-refractivity contribution is 5.83. The van der Waals surface area contributed by atoms with Crippen LogP contribution in [-0.2, 0) is 4.79 Å². The Morgan fingerprint density at radius 1 is 1.54 bits per heavy atom. The van der Waals surface area contributed by atoms with Crippen LogP contribution in [0.5, 0.6) is 0 Å². The molecule has 0 bridgehead atoms. The van der Waals surface area contributed by atoms with Gasteiger partial charge in [0.15, 0.2) is 6.19 Å². The molecule has 0 radical (unpaired) electrons. The second-order valence-electron chi connectivity index (χ2n) is 3.31. The summed E-state index contributed by atoms with van der Waals surface area (Å²) < 4.78 is 0. The Kier molecular flexibility index (Phi) is 2.89. The van der Waals surface area contributed by atoms with Gasteiger partial charge in [-0.2, -0.15) is 5.26 Å². The average molecular weight is 182 g/mol. The van der Waals surface area contributed by atoms with Gasteiger partial charge in [-0.15, -0.1) is 0 Å². The van der Waals surface area contributed by atoms with Crippen LogP contribution in [0.25, 0.3) is 0 Å². The van der Waals surface area contributed by atoms with E-state index in [1.807, 2.05) is 13.8 Å². The summed E-state index contributed by atoms with van der Waals surface area (Å²) >= 11 is 0. The molecule has 3 atom stereocenters. The Balaban J connectivity index is 2.89. The summed E-state index contributed by atoms with van der Waals surface area (Å²) in [7, 11) is 0. The average Bonchev–Trinajstić information content (AvgIpc) is 2.36. The van der Waals surface area contributed by atoms with Gasteiger partial charge in [0.1, 0.15) is 6.23 Å². The van der Waals surface area contributed by atoms with Gasteiger partial charge in [0, 0.05) is 11.8 Å². The van der Waals surface area contributed by atoms with Crippen LogP contribution >= 0.6 is 0 Å². The van der Waals surface area contributed by atoms with E-state index in [4.69, 9.17) is 5.26 Å². The zero-order valence-corrected chi connectivity index (χ0v) is 7.90. The first-order valence-electron chi connectivity index (χ1n) is 4.58. The Labute approximate surface area is 77.8 Å². The third kappa shape index (κ3) is 1.40. The molecule has 0 spiro atoms. The van der Waals surface area contributed by atoms with Crippen LogP contribution in [0.1, 0.15) is 26.7 Å². The number of aliphatic hydroxyl groups is 1. The van der Waals surface area contributed by atoms with Gasteiger partial charge in [0.2, 0.25) is 5.91 Å². The van der Waals surface area contributed by atoms with Crippen LogP contribution < -0.4 is 0 Å². The number of carbonyl (C=O) groups excluding carboxylic acids is 1. The first-order chi connectivity index (χ1) is 6.17. The van der Waals surface area contributed by atoms with Crippen molar-refractivity contribution in [1.29, 1.82) is 5.26 Å². The van der Waals surface area contributed by atoms with Crippen molar-refractivity contribution in [3.63, 3.8) is 0 Å². The first kappa shape index (κ1) is 10.0. The summed E-state index contributed by atoms with van der Waals surface area (Å²) in [5, 5.41) is 18.2. The molecule has 0 aromatic heterocycles. The van der Waals surface area contributed by atoms with Crippen molar-refractivity contribution in [2.45, 2.75) is 32.9 Å². The quantitative estimate of drug-likeness (QED) is 0.639. The van der Waals surface area contributed by atoms with Crippen molar-refractivity contribution >= 4 is 5.91 Å². The first-order valence-corrected chi connectivity index (χ1v) is 4.58.